The molecule has 0 unspecified atom stereocenters. The van der Waals surface area contributed by atoms with Crippen LogP contribution in [0, 0.1) is 0 Å². The van der Waals surface area contributed by atoms with E-state index in [0.29, 0.717) is 6.54 Å². The normalized spacial score (nSPS) is 10.2. The fourth-order valence-corrected chi connectivity index (χ4v) is 1.16. The molecule has 4 heteroatoms. The first-order valence-electron chi connectivity index (χ1n) is 4.92. The summed E-state index contributed by atoms with van der Waals surface area (Å²) in [5.41, 5.74) is 0. The van der Waals surface area contributed by atoms with Crippen LogP contribution in [0.3, 0.4) is 0 Å². The monoisotopic (exact) mass is 187 g/mol. The summed E-state index contributed by atoms with van der Waals surface area (Å²) >= 11 is 0. The van der Waals surface area contributed by atoms with Gasteiger partial charge in [0.1, 0.15) is 0 Å². The molecule has 0 saturated heterocycles. The van der Waals surface area contributed by atoms with E-state index in [0.717, 1.165) is 26.1 Å². The number of nitrogens with zero attached hydrogens (tertiary/aromatic N) is 1. The second kappa shape index (κ2) is 7.86. The molecule has 0 rings (SSSR count). The maximum absolute atomic E-state index is 10.8. The lowest BCUT2D eigenvalue weighted by molar-refractivity contribution is 0.238. The molecule has 4 nitrogen and oxygen atoms in total. The van der Waals surface area contributed by atoms with E-state index in [1.807, 2.05) is 0 Å². The standard InChI is InChI=1S/C9H21N3O/c1-4-7-12(5-2)8-6-11-9(13)10-3/h4-8H2,1-3H3,(H2,10,11,13). The Morgan fingerprint density at radius 1 is 1.31 bits per heavy atom. The lowest BCUT2D eigenvalue weighted by Gasteiger charge is -2.19. The zero-order chi connectivity index (χ0) is 10.1. The third kappa shape index (κ3) is 6.40. The maximum atomic E-state index is 10.8. The Labute approximate surface area is 80.7 Å². The number of nitrogens with one attached hydrogen (secondary N) is 2. The average Bonchev–Trinajstić information content (AvgIpc) is 2.16. The number of hydrogen-bond donors (Lipinski definition) is 2. The van der Waals surface area contributed by atoms with Crippen molar-refractivity contribution in [2.45, 2.75) is 20.3 Å². The van der Waals surface area contributed by atoms with E-state index in [1.54, 1.807) is 7.05 Å². The Morgan fingerprint density at radius 2 is 2.00 bits per heavy atom. The van der Waals surface area contributed by atoms with Crippen molar-refractivity contribution in [1.82, 2.24) is 15.5 Å². The van der Waals surface area contributed by atoms with Crippen LogP contribution < -0.4 is 10.6 Å². The summed E-state index contributed by atoms with van der Waals surface area (Å²) in [6.07, 6.45) is 1.16. The molecule has 0 aliphatic heterocycles. The van der Waals surface area contributed by atoms with E-state index in [2.05, 4.69) is 29.4 Å². The third-order valence-electron chi connectivity index (χ3n) is 1.93. The van der Waals surface area contributed by atoms with Gasteiger partial charge in [-0.1, -0.05) is 13.8 Å². The number of amides is 2. The van der Waals surface area contributed by atoms with Crippen LogP contribution in [0.4, 0.5) is 4.79 Å². The summed E-state index contributed by atoms with van der Waals surface area (Å²) in [6.45, 7) is 8.09. The van der Waals surface area contributed by atoms with Crippen LogP contribution in [-0.2, 0) is 0 Å². The number of urea groups is 1. The molecule has 0 aromatic rings. The summed E-state index contributed by atoms with van der Waals surface area (Å²) in [5, 5.41) is 5.28. The molecule has 0 aliphatic carbocycles. The second-order valence-electron chi connectivity index (χ2n) is 2.94. The number of rotatable bonds is 6. The molecular formula is C9H21N3O. The zero-order valence-electron chi connectivity index (χ0n) is 8.89. The predicted octanol–water partition coefficient (Wildman–Crippen LogP) is 0.647. The summed E-state index contributed by atoms with van der Waals surface area (Å²) in [5.74, 6) is 0. The van der Waals surface area contributed by atoms with Crippen LogP contribution in [0.25, 0.3) is 0 Å². The van der Waals surface area contributed by atoms with Gasteiger partial charge in [-0.2, -0.15) is 0 Å². The summed E-state index contributed by atoms with van der Waals surface area (Å²) in [4.78, 5) is 13.1. The highest BCUT2D eigenvalue weighted by Gasteiger charge is 2.00. The van der Waals surface area contributed by atoms with E-state index in [9.17, 15) is 4.79 Å². The molecule has 0 radical (unpaired) electrons. The van der Waals surface area contributed by atoms with Crippen LogP contribution in [0.15, 0.2) is 0 Å². The van der Waals surface area contributed by atoms with Crippen LogP contribution in [0.2, 0.25) is 0 Å². The topological polar surface area (TPSA) is 44.4 Å². The predicted molar refractivity (Wildman–Crippen MR) is 54.9 cm³/mol. The molecule has 78 valence electrons. The largest absolute Gasteiger partial charge is 0.341 e. The van der Waals surface area contributed by atoms with Gasteiger partial charge in [-0.3, -0.25) is 0 Å². The van der Waals surface area contributed by atoms with Gasteiger partial charge in [-0.15, -0.1) is 0 Å². The number of likely N-dealkylation sites (N-methyl/N-ethyl adjacent to an activating group) is 1. The van der Waals surface area contributed by atoms with Gasteiger partial charge in [0.15, 0.2) is 0 Å². The molecule has 0 spiro atoms. The Kier molecular flexibility index (Phi) is 7.39. The Morgan fingerprint density at radius 3 is 2.46 bits per heavy atom. The van der Waals surface area contributed by atoms with Gasteiger partial charge >= 0.3 is 6.03 Å². The van der Waals surface area contributed by atoms with Crippen molar-refractivity contribution in [3.05, 3.63) is 0 Å². The summed E-state index contributed by atoms with van der Waals surface area (Å²) in [6, 6.07) is -0.104. The molecule has 0 aliphatic rings. The van der Waals surface area contributed by atoms with Gasteiger partial charge in [0.2, 0.25) is 0 Å². The zero-order valence-corrected chi connectivity index (χ0v) is 8.89. The fraction of sp³-hybridized carbons (Fsp3) is 0.889. The SMILES string of the molecule is CCCN(CC)CCNC(=O)NC. The van der Waals surface area contributed by atoms with Gasteiger partial charge in [0.05, 0.1) is 0 Å². The van der Waals surface area contributed by atoms with Gasteiger partial charge in [0.25, 0.3) is 0 Å². The van der Waals surface area contributed by atoms with E-state index in [4.69, 9.17) is 0 Å². The minimum absolute atomic E-state index is 0.104. The van der Waals surface area contributed by atoms with Gasteiger partial charge < -0.3 is 15.5 Å². The molecule has 2 N–H and O–H groups in total. The van der Waals surface area contributed by atoms with Crippen molar-refractivity contribution < 1.29 is 4.79 Å². The van der Waals surface area contributed by atoms with Crippen molar-refractivity contribution in [3.63, 3.8) is 0 Å². The van der Waals surface area contributed by atoms with Crippen LogP contribution >= 0.6 is 0 Å². The van der Waals surface area contributed by atoms with Crippen LogP contribution in [0.1, 0.15) is 20.3 Å². The van der Waals surface area contributed by atoms with Crippen molar-refractivity contribution in [2.24, 2.45) is 0 Å². The highest BCUT2D eigenvalue weighted by molar-refractivity contribution is 5.73. The fourth-order valence-electron chi connectivity index (χ4n) is 1.16. The molecule has 0 saturated carbocycles. The van der Waals surface area contributed by atoms with E-state index < -0.39 is 0 Å². The molecule has 2 amide bonds. The van der Waals surface area contributed by atoms with E-state index >= 15 is 0 Å². The first kappa shape index (κ1) is 12.2. The Bertz CT molecular complexity index is 139. The average molecular weight is 187 g/mol. The highest BCUT2D eigenvalue weighted by atomic mass is 16.2. The van der Waals surface area contributed by atoms with Crippen molar-refractivity contribution in [1.29, 1.82) is 0 Å². The first-order chi connectivity index (χ1) is 6.24. The minimum Gasteiger partial charge on any atom is -0.341 e. The number of carbonyl (C=O) groups excluding carboxylic acids is 1. The first-order valence-corrected chi connectivity index (χ1v) is 4.92. The van der Waals surface area contributed by atoms with Gasteiger partial charge in [-0.05, 0) is 19.5 Å². The molecule has 13 heavy (non-hydrogen) atoms. The number of hydrogen-bond acceptors (Lipinski definition) is 2. The Hall–Kier alpha value is -0.770. The lowest BCUT2D eigenvalue weighted by atomic mass is 10.4. The molecule has 0 atom stereocenters. The summed E-state index contributed by atoms with van der Waals surface area (Å²) < 4.78 is 0. The molecule has 0 aromatic carbocycles. The van der Waals surface area contributed by atoms with Crippen molar-refractivity contribution in [3.8, 4) is 0 Å². The van der Waals surface area contributed by atoms with Gasteiger partial charge in [0, 0.05) is 20.1 Å². The Balaban J connectivity index is 3.42. The maximum Gasteiger partial charge on any atom is 0.314 e. The summed E-state index contributed by atoms with van der Waals surface area (Å²) in [7, 11) is 1.62. The van der Waals surface area contributed by atoms with Crippen molar-refractivity contribution >= 4 is 6.03 Å². The highest BCUT2D eigenvalue weighted by Crippen LogP contribution is 1.88. The van der Waals surface area contributed by atoms with E-state index in [1.165, 1.54) is 0 Å². The lowest BCUT2D eigenvalue weighted by Crippen LogP contribution is -2.39. The quantitative estimate of drug-likeness (QED) is 0.641. The van der Waals surface area contributed by atoms with Gasteiger partial charge in [-0.25, -0.2) is 4.79 Å². The van der Waals surface area contributed by atoms with E-state index in [-0.39, 0.29) is 6.03 Å². The molecule has 0 heterocycles. The third-order valence-corrected chi connectivity index (χ3v) is 1.93. The molecule has 0 fully saturated rings. The second-order valence-corrected chi connectivity index (χ2v) is 2.94. The van der Waals surface area contributed by atoms with Crippen LogP contribution in [0.5, 0.6) is 0 Å². The molecule has 0 aromatic heterocycles. The molecule has 0 bridgehead atoms. The van der Waals surface area contributed by atoms with Crippen LogP contribution in [-0.4, -0.2) is 44.2 Å². The van der Waals surface area contributed by atoms with Crippen molar-refractivity contribution in [2.75, 3.05) is 33.2 Å². The molecular weight excluding hydrogens is 166 g/mol. The number of carbonyl (C=O) groups is 1. The minimum atomic E-state index is -0.104. The smallest absolute Gasteiger partial charge is 0.314 e.